The molecular weight excluding hydrogens is 324 g/mol. The van der Waals surface area contributed by atoms with E-state index in [0.717, 1.165) is 5.56 Å². The molecule has 7 nitrogen and oxygen atoms in total. The van der Waals surface area contributed by atoms with E-state index < -0.39 is 12.0 Å². The highest BCUT2D eigenvalue weighted by atomic mass is 16.4. The van der Waals surface area contributed by atoms with Gasteiger partial charge in [0.2, 0.25) is 11.8 Å². The second kappa shape index (κ2) is 8.68. The van der Waals surface area contributed by atoms with Gasteiger partial charge < -0.3 is 20.2 Å². The van der Waals surface area contributed by atoms with Crippen LogP contribution in [0, 0.1) is 0 Å². The first-order valence-electron chi connectivity index (χ1n) is 7.87. The molecule has 2 aromatic rings. The molecule has 0 saturated carbocycles. The van der Waals surface area contributed by atoms with Gasteiger partial charge in [-0.1, -0.05) is 12.1 Å². The zero-order chi connectivity index (χ0) is 18.2. The third kappa shape index (κ3) is 5.80. The fourth-order valence-corrected chi connectivity index (χ4v) is 2.19. The Bertz CT molecular complexity index is 722. The summed E-state index contributed by atoms with van der Waals surface area (Å²) in [7, 11) is 0. The Kier molecular flexibility index (Phi) is 6.33. The van der Waals surface area contributed by atoms with Gasteiger partial charge in [-0.2, -0.15) is 0 Å². The maximum Gasteiger partial charge on any atom is 0.335 e. The van der Waals surface area contributed by atoms with Gasteiger partial charge in [0.05, 0.1) is 18.4 Å². The first kappa shape index (κ1) is 18.3. The number of furan rings is 1. The van der Waals surface area contributed by atoms with Crippen LogP contribution in [0.25, 0.3) is 0 Å². The van der Waals surface area contributed by atoms with Crippen LogP contribution in [0.3, 0.4) is 0 Å². The van der Waals surface area contributed by atoms with E-state index in [0.29, 0.717) is 12.2 Å². The van der Waals surface area contributed by atoms with Crippen molar-refractivity contribution in [2.45, 2.75) is 32.4 Å². The number of carboxylic acids is 1. The average Bonchev–Trinajstić information content (AvgIpc) is 3.11. The molecule has 1 atom stereocenters. The van der Waals surface area contributed by atoms with Crippen LogP contribution in [-0.4, -0.2) is 28.9 Å². The van der Waals surface area contributed by atoms with Crippen LogP contribution >= 0.6 is 0 Å². The van der Waals surface area contributed by atoms with Gasteiger partial charge in [-0.3, -0.25) is 9.59 Å². The van der Waals surface area contributed by atoms with Crippen molar-refractivity contribution in [1.29, 1.82) is 0 Å². The van der Waals surface area contributed by atoms with Gasteiger partial charge in [-0.15, -0.1) is 0 Å². The van der Waals surface area contributed by atoms with Crippen LogP contribution in [0.1, 0.15) is 35.0 Å². The van der Waals surface area contributed by atoms with Crippen LogP contribution < -0.4 is 10.6 Å². The standard InChI is InChI=1S/C18H20N2O5/c1-12(17(22)19-11-15-3-2-10-25-15)20-16(21)9-6-13-4-7-14(8-5-13)18(23)24/h2-5,7-8,10,12H,6,9,11H2,1H3,(H,19,22)(H,20,21)(H,23,24). The lowest BCUT2D eigenvalue weighted by molar-refractivity contribution is -0.128. The first-order valence-corrected chi connectivity index (χ1v) is 7.87. The minimum Gasteiger partial charge on any atom is -0.478 e. The Labute approximate surface area is 145 Å². The molecule has 0 saturated heterocycles. The number of aromatic carboxylic acids is 1. The van der Waals surface area contributed by atoms with Gasteiger partial charge >= 0.3 is 5.97 Å². The molecule has 132 valence electrons. The van der Waals surface area contributed by atoms with Gasteiger partial charge in [-0.25, -0.2) is 4.79 Å². The van der Waals surface area contributed by atoms with Gasteiger partial charge in [0.25, 0.3) is 0 Å². The molecule has 0 aliphatic carbocycles. The smallest absolute Gasteiger partial charge is 0.335 e. The van der Waals surface area contributed by atoms with E-state index in [2.05, 4.69) is 10.6 Å². The van der Waals surface area contributed by atoms with E-state index >= 15 is 0 Å². The van der Waals surface area contributed by atoms with Crippen molar-refractivity contribution in [3.8, 4) is 0 Å². The van der Waals surface area contributed by atoms with E-state index in [1.165, 1.54) is 18.4 Å². The lowest BCUT2D eigenvalue weighted by Crippen LogP contribution is -2.44. The second-order valence-electron chi connectivity index (χ2n) is 5.59. The molecule has 0 fully saturated rings. The summed E-state index contributed by atoms with van der Waals surface area (Å²) in [6, 6.07) is 9.18. The van der Waals surface area contributed by atoms with Crippen molar-refractivity contribution in [2.24, 2.45) is 0 Å². The van der Waals surface area contributed by atoms with E-state index in [1.54, 1.807) is 31.2 Å². The van der Waals surface area contributed by atoms with Crippen LogP contribution in [0.5, 0.6) is 0 Å². The van der Waals surface area contributed by atoms with Crippen LogP contribution in [0.15, 0.2) is 47.1 Å². The van der Waals surface area contributed by atoms with E-state index in [9.17, 15) is 14.4 Å². The lowest BCUT2D eigenvalue weighted by atomic mass is 10.1. The van der Waals surface area contributed by atoms with Gasteiger partial charge in [-0.05, 0) is 43.2 Å². The topological polar surface area (TPSA) is 109 Å². The molecule has 0 spiro atoms. The zero-order valence-electron chi connectivity index (χ0n) is 13.8. The van der Waals surface area contributed by atoms with Crippen molar-refractivity contribution >= 4 is 17.8 Å². The molecule has 2 rings (SSSR count). The Morgan fingerprint density at radius 2 is 1.88 bits per heavy atom. The number of carbonyl (C=O) groups is 3. The van der Waals surface area contributed by atoms with E-state index in [-0.39, 0.29) is 30.3 Å². The summed E-state index contributed by atoms with van der Waals surface area (Å²) in [6.07, 6.45) is 2.20. The number of rotatable bonds is 8. The zero-order valence-corrected chi connectivity index (χ0v) is 13.8. The molecule has 1 heterocycles. The van der Waals surface area contributed by atoms with Crippen molar-refractivity contribution in [2.75, 3.05) is 0 Å². The van der Waals surface area contributed by atoms with E-state index in [4.69, 9.17) is 9.52 Å². The number of aryl methyl sites for hydroxylation is 1. The van der Waals surface area contributed by atoms with E-state index in [1.807, 2.05) is 0 Å². The van der Waals surface area contributed by atoms with Gasteiger partial charge in [0.15, 0.2) is 0 Å². The number of amides is 2. The quantitative estimate of drug-likeness (QED) is 0.676. The Balaban J connectivity index is 1.73. The molecule has 0 aliphatic rings. The summed E-state index contributed by atoms with van der Waals surface area (Å²) < 4.78 is 5.12. The average molecular weight is 344 g/mol. The number of hydrogen-bond donors (Lipinski definition) is 3. The van der Waals surface area contributed by atoms with Gasteiger partial charge in [0.1, 0.15) is 11.8 Å². The number of benzene rings is 1. The van der Waals surface area contributed by atoms with Gasteiger partial charge in [0, 0.05) is 6.42 Å². The maximum absolute atomic E-state index is 11.9. The Morgan fingerprint density at radius 1 is 1.16 bits per heavy atom. The molecular formula is C18H20N2O5. The predicted octanol–water partition coefficient (Wildman–Crippen LogP) is 1.73. The lowest BCUT2D eigenvalue weighted by Gasteiger charge is -2.13. The van der Waals surface area contributed by atoms with Crippen molar-refractivity contribution in [3.63, 3.8) is 0 Å². The normalized spacial score (nSPS) is 11.6. The third-order valence-electron chi connectivity index (χ3n) is 3.63. The Morgan fingerprint density at radius 3 is 2.48 bits per heavy atom. The summed E-state index contributed by atoms with van der Waals surface area (Å²) in [4.78, 5) is 34.6. The largest absolute Gasteiger partial charge is 0.478 e. The molecule has 1 aromatic carbocycles. The highest BCUT2D eigenvalue weighted by molar-refractivity contribution is 5.88. The molecule has 0 radical (unpaired) electrons. The molecule has 0 bridgehead atoms. The molecule has 7 heteroatoms. The molecule has 1 unspecified atom stereocenters. The molecule has 3 N–H and O–H groups in total. The first-order chi connectivity index (χ1) is 12.0. The van der Waals surface area contributed by atoms with Crippen LogP contribution in [0.4, 0.5) is 0 Å². The third-order valence-corrected chi connectivity index (χ3v) is 3.63. The maximum atomic E-state index is 11.9. The fourth-order valence-electron chi connectivity index (χ4n) is 2.19. The highest BCUT2D eigenvalue weighted by Gasteiger charge is 2.15. The molecule has 25 heavy (non-hydrogen) atoms. The number of nitrogens with one attached hydrogen (secondary N) is 2. The second-order valence-corrected chi connectivity index (χ2v) is 5.59. The molecule has 1 aromatic heterocycles. The van der Waals surface area contributed by atoms with Crippen molar-refractivity contribution in [1.82, 2.24) is 10.6 Å². The number of carbonyl (C=O) groups excluding carboxylic acids is 2. The summed E-state index contributed by atoms with van der Waals surface area (Å²) >= 11 is 0. The summed E-state index contributed by atoms with van der Waals surface area (Å²) in [5.74, 6) is -0.895. The molecule has 2 amide bonds. The van der Waals surface area contributed by atoms with Crippen molar-refractivity contribution in [3.05, 3.63) is 59.5 Å². The predicted molar refractivity (Wildman–Crippen MR) is 89.9 cm³/mol. The highest BCUT2D eigenvalue weighted by Crippen LogP contribution is 2.07. The summed E-state index contributed by atoms with van der Waals surface area (Å²) in [6.45, 7) is 1.87. The number of carboxylic acid groups (broad SMARTS) is 1. The van der Waals surface area contributed by atoms with Crippen LogP contribution in [0.2, 0.25) is 0 Å². The molecule has 0 aliphatic heterocycles. The minimum absolute atomic E-state index is 0.204. The Hall–Kier alpha value is -3.09. The minimum atomic E-state index is -0.987. The summed E-state index contributed by atoms with van der Waals surface area (Å²) in [5.41, 5.74) is 1.06. The van der Waals surface area contributed by atoms with Crippen LogP contribution in [-0.2, 0) is 22.6 Å². The fraction of sp³-hybridized carbons (Fsp3) is 0.278. The summed E-state index contributed by atoms with van der Waals surface area (Å²) in [5, 5.41) is 14.2. The number of hydrogen-bond acceptors (Lipinski definition) is 4. The van der Waals surface area contributed by atoms with Crippen molar-refractivity contribution < 1.29 is 23.9 Å². The SMILES string of the molecule is CC(NC(=O)CCc1ccc(C(=O)O)cc1)C(=O)NCc1ccco1. The monoisotopic (exact) mass is 344 g/mol.